The van der Waals surface area contributed by atoms with Gasteiger partial charge in [0.1, 0.15) is 0 Å². The Kier molecular flexibility index (Phi) is 4.56. The second-order valence-electron chi connectivity index (χ2n) is 4.31. The summed E-state index contributed by atoms with van der Waals surface area (Å²) in [6.07, 6.45) is 2.38. The number of rotatable bonds is 4. The lowest BCUT2D eigenvalue weighted by atomic mass is 9.93. The quantitative estimate of drug-likeness (QED) is 0.887. The van der Waals surface area contributed by atoms with Gasteiger partial charge in [-0.25, -0.2) is 0 Å². The normalized spacial score (nSPS) is 22.2. The molecule has 1 aliphatic rings. The van der Waals surface area contributed by atoms with E-state index in [2.05, 4.69) is 36.3 Å². The molecule has 0 saturated carbocycles. The largest absolute Gasteiger partial charge is 0.316 e. The highest BCUT2D eigenvalue weighted by Crippen LogP contribution is 2.28. The van der Waals surface area contributed by atoms with E-state index < -0.39 is 0 Å². The molecule has 0 spiro atoms. The van der Waals surface area contributed by atoms with Crippen LogP contribution in [-0.4, -0.2) is 24.6 Å². The first-order chi connectivity index (χ1) is 7.81. The van der Waals surface area contributed by atoms with Crippen LogP contribution in [0.25, 0.3) is 0 Å². The van der Waals surface area contributed by atoms with E-state index in [1.165, 1.54) is 23.5 Å². The van der Waals surface area contributed by atoms with Gasteiger partial charge in [0.15, 0.2) is 0 Å². The smallest absolute Gasteiger partial charge is 0.0438 e. The molecule has 0 bridgehead atoms. The molecular formula is C13H18ClNS. The summed E-state index contributed by atoms with van der Waals surface area (Å²) in [6, 6.07) is 8.74. The average Bonchev–Trinajstić information content (AvgIpc) is 2.81. The van der Waals surface area contributed by atoms with Gasteiger partial charge in [0, 0.05) is 11.1 Å². The third kappa shape index (κ3) is 2.93. The Morgan fingerprint density at radius 3 is 2.94 bits per heavy atom. The second-order valence-corrected chi connectivity index (χ2v) is 5.87. The Balaban J connectivity index is 2.03. The predicted octanol–water partition coefficient (Wildman–Crippen LogP) is 3.22. The number of hydrogen-bond donors (Lipinski definition) is 1. The summed E-state index contributed by atoms with van der Waals surface area (Å²) < 4.78 is 0. The van der Waals surface area contributed by atoms with Crippen molar-refractivity contribution in [2.75, 3.05) is 18.6 Å². The molecule has 0 aromatic heterocycles. The van der Waals surface area contributed by atoms with Gasteiger partial charge >= 0.3 is 0 Å². The fourth-order valence-corrected chi connectivity index (χ4v) is 3.83. The van der Waals surface area contributed by atoms with Crippen molar-refractivity contribution in [3.63, 3.8) is 0 Å². The van der Waals surface area contributed by atoms with Crippen molar-refractivity contribution >= 4 is 23.4 Å². The van der Waals surface area contributed by atoms with Crippen LogP contribution in [0, 0.1) is 5.92 Å². The highest BCUT2D eigenvalue weighted by molar-refractivity contribution is 7.99. The Hall–Kier alpha value is -0.180. The molecule has 88 valence electrons. The first-order valence-corrected chi connectivity index (χ1v) is 7.33. The van der Waals surface area contributed by atoms with E-state index in [1.54, 1.807) is 0 Å². The molecule has 0 aliphatic carbocycles. The molecule has 1 saturated heterocycles. The van der Waals surface area contributed by atoms with Crippen molar-refractivity contribution in [3.8, 4) is 0 Å². The van der Waals surface area contributed by atoms with Crippen LogP contribution in [0.2, 0.25) is 5.02 Å². The minimum atomic E-state index is 0.565. The fourth-order valence-electron chi connectivity index (χ4n) is 2.28. The molecule has 1 aromatic carbocycles. The zero-order chi connectivity index (χ0) is 11.4. The van der Waals surface area contributed by atoms with E-state index >= 15 is 0 Å². The summed E-state index contributed by atoms with van der Waals surface area (Å²) in [5.74, 6) is 3.40. The predicted molar refractivity (Wildman–Crippen MR) is 73.4 cm³/mol. The van der Waals surface area contributed by atoms with Crippen LogP contribution in [0.5, 0.6) is 0 Å². The number of nitrogens with one attached hydrogen (secondary N) is 1. The maximum atomic E-state index is 6.20. The lowest BCUT2D eigenvalue weighted by Crippen LogP contribution is -2.35. The fraction of sp³-hybridized carbons (Fsp3) is 0.538. The van der Waals surface area contributed by atoms with Gasteiger partial charge in [-0.15, -0.1) is 0 Å². The Morgan fingerprint density at radius 1 is 1.50 bits per heavy atom. The van der Waals surface area contributed by atoms with Gasteiger partial charge in [-0.1, -0.05) is 29.8 Å². The monoisotopic (exact) mass is 255 g/mol. The van der Waals surface area contributed by atoms with E-state index in [9.17, 15) is 0 Å². The van der Waals surface area contributed by atoms with Crippen molar-refractivity contribution < 1.29 is 0 Å². The first kappa shape index (κ1) is 12.3. The van der Waals surface area contributed by atoms with Crippen molar-refractivity contribution in [2.24, 2.45) is 5.92 Å². The summed E-state index contributed by atoms with van der Waals surface area (Å²) in [6.45, 7) is 0. The zero-order valence-electron chi connectivity index (χ0n) is 9.58. The van der Waals surface area contributed by atoms with E-state index in [4.69, 9.17) is 11.6 Å². The third-order valence-electron chi connectivity index (χ3n) is 3.30. The molecule has 0 radical (unpaired) electrons. The van der Waals surface area contributed by atoms with Crippen molar-refractivity contribution in [1.82, 2.24) is 5.32 Å². The van der Waals surface area contributed by atoms with Crippen LogP contribution in [0.15, 0.2) is 24.3 Å². The highest BCUT2D eigenvalue weighted by Gasteiger charge is 2.24. The van der Waals surface area contributed by atoms with Gasteiger partial charge < -0.3 is 5.32 Å². The molecule has 1 N–H and O–H groups in total. The molecule has 3 heteroatoms. The van der Waals surface area contributed by atoms with Gasteiger partial charge in [-0.3, -0.25) is 0 Å². The molecule has 2 unspecified atom stereocenters. The minimum Gasteiger partial charge on any atom is -0.316 e. The van der Waals surface area contributed by atoms with E-state index in [0.29, 0.717) is 6.04 Å². The first-order valence-electron chi connectivity index (χ1n) is 5.79. The molecule has 2 atom stereocenters. The van der Waals surface area contributed by atoms with Crippen LogP contribution in [0.4, 0.5) is 0 Å². The molecule has 1 aliphatic heterocycles. The number of likely N-dealkylation sites (N-methyl/N-ethyl adjacent to an activating group) is 1. The van der Waals surface area contributed by atoms with Crippen LogP contribution in [-0.2, 0) is 6.42 Å². The van der Waals surface area contributed by atoms with Gasteiger partial charge in [0.2, 0.25) is 0 Å². The number of thioether (sulfide) groups is 1. The van der Waals surface area contributed by atoms with Gasteiger partial charge in [0.05, 0.1) is 0 Å². The van der Waals surface area contributed by atoms with Crippen LogP contribution < -0.4 is 5.32 Å². The summed E-state index contributed by atoms with van der Waals surface area (Å²) in [5.41, 5.74) is 1.26. The topological polar surface area (TPSA) is 12.0 Å². The number of hydrogen-bond acceptors (Lipinski definition) is 2. The SMILES string of the molecule is CNC(Cc1ccccc1Cl)C1CCSC1. The van der Waals surface area contributed by atoms with Gasteiger partial charge in [-0.2, -0.15) is 11.8 Å². The van der Waals surface area contributed by atoms with Crippen LogP contribution >= 0.6 is 23.4 Å². The maximum Gasteiger partial charge on any atom is 0.0438 e. The molecule has 1 nitrogen and oxygen atoms in total. The van der Waals surface area contributed by atoms with E-state index in [0.717, 1.165) is 17.4 Å². The highest BCUT2D eigenvalue weighted by atomic mass is 35.5. The molecule has 1 heterocycles. The molecule has 2 rings (SSSR count). The average molecular weight is 256 g/mol. The lowest BCUT2D eigenvalue weighted by molar-refractivity contribution is 0.404. The number of benzene rings is 1. The lowest BCUT2D eigenvalue weighted by Gasteiger charge is -2.22. The Morgan fingerprint density at radius 2 is 2.31 bits per heavy atom. The summed E-state index contributed by atoms with van der Waals surface area (Å²) in [7, 11) is 2.06. The van der Waals surface area contributed by atoms with Crippen molar-refractivity contribution in [3.05, 3.63) is 34.9 Å². The third-order valence-corrected chi connectivity index (χ3v) is 4.86. The zero-order valence-corrected chi connectivity index (χ0v) is 11.2. The molecular weight excluding hydrogens is 238 g/mol. The summed E-state index contributed by atoms with van der Waals surface area (Å²) in [4.78, 5) is 0. The Labute approximate surface area is 107 Å². The Bertz CT molecular complexity index is 336. The number of halogens is 1. The van der Waals surface area contributed by atoms with E-state index in [-0.39, 0.29) is 0 Å². The van der Waals surface area contributed by atoms with Gasteiger partial charge in [0.25, 0.3) is 0 Å². The molecule has 1 aromatic rings. The maximum absolute atomic E-state index is 6.20. The van der Waals surface area contributed by atoms with E-state index in [1.807, 2.05) is 12.1 Å². The molecule has 1 fully saturated rings. The van der Waals surface area contributed by atoms with Gasteiger partial charge in [-0.05, 0) is 48.9 Å². The second kappa shape index (κ2) is 5.95. The molecule has 0 amide bonds. The minimum absolute atomic E-state index is 0.565. The van der Waals surface area contributed by atoms with Crippen LogP contribution in [0.1, 0.15) is 12.0 Å². The molecule has 16 heavy (non-hydrogen) atoms. The van der Waals surface area contributed by atoms with Crippen molar-refractivity contribution in [1.29, 1.82) is 0 Å². The standard InChI is InChI=1S/C13H18ClNS/c1-15-13(11-6-7-16-9-11)8-10-4-2-3-5-12(10)14/h2-5,11,13,15H,6-9H2,1H3. The van der Waals surface area contributed by atoms with Crippen LogP contribution in [0.3, 0.4) is 0 Å². The summed E-state index contributed by atoms with van der Waals surface area (Å²) >= 11 is 8.27. The summed E-state index contributed by atoms with van der Waals surface area (Å²) in [5, 5.41) is 4.34. The van der Waals surface area contributed by atoms with Crippen molar-refractivity contribution in [2.45, 2.75) is 18.9 Å².